The third kappa shape index (κ3) is 4.74. The van der Waals surface area contributed by atoms with Crippen molar-refractivity contribution in [3.63, 3.8) is 0 Å². The van der Waals surface area contributed by atoms with Crippen LogP contribution in [0.4, 0.5) is 0 Å². The van der Waals surface area contributed by atoms with Crippen LogP contribution >= 0.6 is 11.3 Å². The molecule has 0 saturated carbocycles. The van der Waals surface area contributed by atoms with E-state index in [-0.39, 0.29) is 11.5 Å². The molecule has 0 aliphatic carbocycles. The van der Waals surface area contributed by atoms with E-state index in [0.29, 0.717) is 6.04 Å². The molecule has 0 saturated heterocycles. The minimum Gasteiger partial charge on any atom is -0.327 e. The van der Waals surface area contributed by atoms with Gasteiger partial charge in [-0.3, -0.25) is 0 Å². The summed E-state index contributed by atoms with van der Waals surface area (Å²) in [6, 6.07) is 0.557. The maximum absolute atomic E-state index is 6.13. The third-order valence-corrected chi connectivity index (χ3v) is 4.17. The molecule has 2 unspecified atom stereocenters. The summed E-state index contributed by atoms with van der Waals surface area (Å²) in [5, 5.41) is 6.73. The lowest BCUT2D eigenvalue weighted by molar-refractivity contribution is 0.300. The second kappa shape index (κ2) is 5.94. The van der Waals surface area contributed by atoms with E-state index in [0.717, 1.165) is 23.7 Å². The summed E-state index contributed by atoms with van der Waals surface area (Å²) >= 11 is 1.72. The lowest BCUT2D eigenvalue weighted by atomic mass is 9.85. The van der Waals surface area contributed by atoms with Gasteiger partial charge in [0.25, 0.3) is 0 Å². The Balaban J connectivity index is 2.32. The van der Waals surface area contributed by atoms with Crippen LogP contribution in [0.5, 0.6) is 0 Å². The zero-order chi connectivity index (χ0) is 13.1. The number of nitrogens with zero attached hydrogens (tertiary/aromatic N) is 1. The number of thiazole rings is 1. The lowest BCUT2D eigenvalue weighted by Crippen LogP contribution is -2.38. The van der Waals surface area contributed by atoms with E-state index < -0.39 is 0 Å². The number of nitrogens with two attached hydrogens (primary N) is 1. The van der Waals surface area contributed by atoms with Crippen LogP contribution in [0.2, 0.25) is 0 Å². The highest BCUT2D eigenvalue weighted by molar-refractivity contribution is 7.09. The van der Waals surface area contributed by atoms with Crippen molar-refractivity contribution in [3.8, 4) is 0 Å². The van der Waals surface area contributed by atoms with Gasteiger partial charge in [-0.05, 0) is 32.2 Å². The molecule has 1 heterocycles. The number of rotatable bonds is 5. The van der Waals surface area contributed by atoms with E-state index in [4.69, 9.17) is 5.73 Å². The van der Waals surface area contributed by atoms with Crippen LogP contribution in [-0.2, 0) is 0 Å². The van der Waals surface area contributed by atoms with E-state index in [1.165, 1.54) is 0 Å². The molecule has 0 fully saturated rings. The Morgan fingerprint density at radius 3 is 2.59 bits per heavy atom. The Morgan fingerprint density at radius 1 is 1.47 bits per heavy atom. The maximum atomic E-state index is 6.13. The topological polar surface area (TPSA) is 50.9 Å². The third-order valence-electron chi connectivity index (χ3n) is 3.03. The predicted octanol–water partition coefficient (Wildman–Crippen LogP) is 2.87. The molecule has 98 valence electrons. The first-order valence-electron chi connectivity index (χ1n) is 6.21. The molecule has 0 aromatic carbocycles. The molecule has 3 N–H and O–H groups in total. The molecular formula is C13H25N3S. The van der Waals surface area contributed by atoms with Gasteiger partial charge in [-0.1, -0.05) is 20.8 Å². The van der Waals surface area contributed by atoms with Gasteiger partial charge in [0.05, 0.1) is 6.04 Å². The first-order valence-corrected chi connectivity index (χ1v) is 7.09. The molecule has 0 bridgehead atoms. The second-order valence-electron chi connectivity index (χ2n) is 5.76. The molecule has 2 atom stereocenters. The zero-order valence-corrected chi connectivity index (χ0v) is 12.4. The van der Waals surface area contributed by atoms with Crippen LogP contribution in [-0.4, -0.2) is 17.6 Å². The van der Waals surface area contributed by atoms with Crippen LogP contribution in [0.1, 0.15) is 50.9 Å². The zero-order valence-electron chi connectivity index (χ0n) is 11.6. The van der Waals surface area contributed by atoms with E-state index in [9.17, 15) is 0 Å². The minimum absolute atomic E-state index is 0.183. The average Bonchev–Trinajstić information content (AvgIpc) is 2.63. The van der Waals surface area contributed by atoms with Gasteiger partial charge in [-0.25, -0.2) is 4.98 Å². The van der Waals surface area contributed by atoms with Gasteiger partial charge < -0.3 is 11.1 Å². The number of aromatic nitrogens is 1. The van der Waals surface area contributed by atoms with Crippen molar-refractivity contribution >= 4 is 11.3 Å². The Kier molecular flexibility index (Phi) is 5.10. The van der Waals surface area contributed by atoms with Crippen LogP contribution in [0.25, 0.3) is 0 Å². The van der Waals surface area contributed by atoms with Crippen molar-refractivity contribution < 1.29 is 0 Å². The maximum Gasteiger partial charge on any atom is 0.110 e. The van der Waals surface area contributed by atoms with E-state index in [1.54, 1.807) is 11.3 Å². The van der Waals surface area contributed by atoms with Gasteiger partial charge in [0.1, 0.15) is 5.01 Å². The Bertz CT molecular complexity index is 341. The summed E-state index contributed by atoms with van der Waals surface area (Å²) < 4.78 is 0. The van der Waals surface area contributed by atoms with Crippen molar-refractivity contribution in [2.24, 2.45) is 11.1 Å². The number of aryl methyl sites for hydroxylation is 1. The number of hydrogen-bond donors (Lipinski definition) is 2. The van der Waals surface area contributed by atoms with Crippen molar-refractivity contribution in [1.29, 1.82) is 0 Å². The summed E-state index contributed by atoms with van der Waals surface area (Å²) in [5.41, 5.74) is 7.41. The fourth-order valence-electron chi connectivity index (χ4n) is 1.55. The van der Waals surface area contributed by atoms with Crippen LogP contribution in [0, 0.1) is 12.3 Å². The summed E-state index contributed by atoms with van der Waals surface area (Å²) in [7, 11) is 0. The van der Waals surface area contributed by atoms with Crippen LogP contribution in [0.3, 0.4) is 0 Å². The minimum atomic E-state index is 0.183. The largest absolute Gasteiger partial charge is 0.327 e. The van der Waals surface area contributed by atoms with Gasteiger partial charge in [0.2, 0.25) is 0 Å². The SMILES string of the molecule is Cc1csc(C(C)NCCC(N)C(C)(C)C)n1. The first kappa shape index (κ1) is 14.6. The Morgan fingerprint density at radius 2 is 2.12 bits per heavy atom. The molecule has 1 rings (SSSR count). The highest BCUT2D eigenvalue weighted by Crippen LogP contribution is 2.20. The normalized spacial score (nSPS) is 15.9. The Labute approximate surface area is 109 Å². The quantitative estimate of drug-likeness (QED) is 0.850. The van der Waals surface area contributed by atoms with E-state index in [2.05, 4.69) is 43.4 Å². The molecule has 0 aliphatic rings. The predicted molar refractivity (Wildman–Crippen MR) is 75.3 cm³/mol. The summed E-state index contributed by atoms with van der Waals surface area (Å²) in [5.74, 6) is 0. The molecular weight excluding hydrogens is 230 g/mol. The van der Waals surface area contributed by atoms with Crippen LogP contribution < -0.4 is 11.1 Å². The van der Waals surface area contributed by atoms with Gasteiger partial charge >= 0.3 is 0 Å². The lowest BCUT2D eigenvalue weighted by Gasteiger charge is -2.27. The smallest absolute Gasteiger partial charge is 0.110 e. The second-order valence-corrected chi connectivity index (χ2v) is 6.65. The molecule has 3 nitrogen and oxygen atoms in total. The molecule has 1 aromatic heterocycles. The Hall–Kier alpha value is -0.450. The first-order chi connectivity index (χ1) is 7.80. The highest BCUT2D eigenvalue weighted by atomic mass is 32.1. The fraction of sp³-hybridized carbons (Fsp3) is 0.769. The summed E-state index contributed by atoms with van der Waals surface area (Å²) in [6.07, 6.45) is 0.998. The number of hydrogen-bond acceptors (Lipinski definition) is 4. The fourth-order valence-corrected chi connectivity index (χ4v) is 2.37. The van der Waals surface area contributed by atoms with Crippen LogP contribution in [0.15, 0.2) is 5.38 Å². The standard InChI is InChI=1S/C13H25N3S/c1-9-8-17-12(16-9)10(2)15-7-6-11(14)13(3,4)5/h8,10-11,15H,6-7,14H2,1-5H3. The molecule has 0 amide bonds. The summed E-state index contributed by atoms with van der Waals surface area (Å²) in [6.45, 7) is 11.7. The molecule has 1 aromatic rings. The molecule has 0 spiro atoms. The van der Waals surface area contributed by atoms with Gasteiger partial charge in [-0.2, -0.15) is 0 Å². The highest BCUT2D eigenvalue weighted by Gasteiger charge is 2.20. The van der Waals surface area contributed by atoms with Crippen molar-refractivity contribution in [2.75, 3.05) is 6.54 Å². The summed E-state index contributed by atoms with van der Waals surface area (Å²) in [4.78, 5) is 4.48. The van der Waals surface area contributed by atoms with Crippen molar-refractivity contribution in [3.05, 3.63) is 16.1 Å². The van der Waals surface area contributed by atoms with Gasteiger partial charge in [-0.15, -0.1) is 11.3 Å². The molecule has 0 radical (unpaired) electrons. The van der Waals surface area contributed by atoms with Crippen molar-refractivity contribution in [1.82, 2.24) is 10.3 Å². The average molecular weight is 255 g/mol. The monoisotopic (exact) mass is 255 g/mol. The number of nitrogens with one attached hydrogen (secondary N) is 1. The molecule has 17 heavy (non-hydrogen) atoms. The van der Waals surface area contributed by atoms with Crippen molar-refractivity contribution in [2.45, 2.75) is 53.1 Å². The van der Waals surface area contributed by atoms with E-state index >= 15 is 0 Å². The molecule has 4 heteroatoms. The van der Waals surface area contributed by atoms with Gasteiger partial charge in [0, 0.05) is 17.1 Å². The van der Waals surface area contributed by atoms with E-state index in [1.807, 2.05) is 6.92 Å². The molecule has 0 aliphatic heterocycles. The van der Waals surface area contributed by atoms with Gasteiger partial charge in [0.15, 0.2) is 0 Å².